The number of phenolic OH excluding ortho intramolecular Hbond substituents is 1. The highest BCUT2D eigenvalue weighted by Gasteiger charge is 2.33. The molecule has 0 saturated carbocycles. The Morgan fingerprint density at radius 1 is 1.10 bits per heavy atom. The summed E-state index contributed by atoms with van der Waals surface area (Å²) in [6.07, 6.45) is 4.33. The Balaban J connectivity index is 1.94. The van der Waals surface area contributed by atoms with E-state index in [-0.39, 0.29) is 17.6 Å². The number of carbonyl (C=O) groups excluding carboxylic acids is 1. The third-order valence-electron chi connectivity index (χ3n) is 5.87. The number of hydrogen-bond donors (Lipinski definition) is 1. The van der Waals surface area contributed by atoms with E-state index < -0.39 is 0 Å². The van der Waals surface area contributed by atoms with E-state index in [0.29, 0.717) is 12.1 Å². The number of allylic oxidation sites excluding steroid dienone is 1. The Kier molecular flexibility index (Phi) is 6.88. The highest BCUT2D eigenvalue weighted by Crippen LogP contribution is 2.33. The SMILES string of the molecule is C/C=C\CN1[C@H](C)CN(C(c2ccc(C(C)=O)cc2)c2cccc(O)c2)C[C@@H]1C. The summed E-state index contributed by atoms with van der Waals surface area (Å²) in [5.74, 6) is 0.353. The summed E-state index contributed by atoms with van der Waals surface area (Å²) in [5, 5.41) is 10.1. The lowest BCUT2D eigenvalue weighted by Gasteiger charge is -2.47. The van der Waals surface area contributed by atoms with Crippen LogP contribution in [0.4, 0.5) is 0 Å². The first-order valence-corrected chi connectivity index (χ1v) is 10.4. The van der Waals surface area contributed by atoms with Gasteiger partial charge < -0.3 is 5.11 Å². The Labute approximate surface area is 174 Å². The van der Waals surface area contributed by atoms with Gasteiger partial charge in [0.05, 0.1) is 6.04 Å². The average molecular weight is 393 g/mol. The molecule has 1 aliphatic heterocycles. The number of rotatable bonds is 6. The molecule has 4 nitrogen and oxygen atoms in total. The fourth-order valence-corrected chi connectivity index (χ4v) is 4.40. The van der Waals surface area contributed by atoms with Crippen molar-refractivity contribution in [1.82, 2.24) is 9.80 Å². The zero-order chi connectivity index (χ0) is 21.0. The van der Waals surface area contributed by atoms with Crippen LogP contribution in [0.15, 0.2) is 60.7 Å². The maximum atomic E-state index is 11.7. The second-order valence-electron chi connectivity index (χ2n) is 8.09. The van der Waals surface area contributed by atoms with Gasteiger partial charge in [0.15, 0.2) is 5.78 Å². The van der Waals surface area contributed by atoms with E-state index >= 15 is 0 Å². The second-order valence-corrected chi connectivity index (χ2v) is 8.09. The number of ketones is 1. The summed E-state index contributed by atoms with van der Waals surface area (Å²) >= 11 is 0. The van der Waals surface area contributed by atoms with Gasteiger partial charge in [-0.25, -0.2) is 0 Å². The van der Waals surface area contributed by atoms with Gasteiger partial charge in [-0.1, -0.05) is 48.6 Å². The molecule has 1 N–H and O–H groups in total. The summed E-state index contributed by atoms with van der Waals surface area (Å²) in [7, 11) is 0. The van der Waals surface area contributed by atoms with Crippen LogP contribution in [0.3, 0.4) is 0 Å². The second kappa shape index (κ2) is 9.38. The van der Waals surface area contributed by atoms with Gasteiger partial charge in [0.1, 0.15) is 5.75 Å². The predicted octanol–water partition coefficient (Wildman–Crippen LogP) is 4.65. The zero-order valence-corrected chi connectivity index (χ0v) is 17.9. The van der Waals surface area contributed by atoms with Crippen LogP contribution in [0.1, 0.15) is 55.2 Å². The number of carbonyl (C=O) groups is 1. The fraction of sp³-hybridized carbons (Fsp3) is 0.400. The molecule has 4 heteroatoms. The normalized spacial score (nSPS) is 22.1. The van der Waals surface area contributed by atoms with Crippen LogP contribution in [0.5, 0.6) is 5.75 Å². The van der Waals surface area contributed by atoms with Gasteiger partial charge in [-0.05, 0) is 51.0 Å². The first kappa shape index (κ1) is 21.3. The van der Waals surface area contributed by atoms with Crippen molar-refractivity contribution >= 4 is 5.78 Å². The van der Waals surface area contributed by atoms with E-state index in [4.69, 9.17) is 0 Å². The van der Waals surface area contributed by atoms with Gasteiger partial charge in [-0.2, -0.15) is 0 Å². The first-order valence-electron chi connectivity index (χ1n) is 10.4. The number of aromatic hydroxyl groups is 1. The van der Waals surface area contributed by atoms with Crippen LogP contribution < -0.4 is 0 Å². The van der Waals surface area contributed by atoms with Crippen LogP contribution in [-0.4, -0.2) is 52.4 Å². The molecule has 0 bridgehead atoms. The monoisotopic (exact) mass is 392 g/mol. The molecule has 0 radical (unpaired) electrons. The molecule has 1 heterocycles. The fourth-order valence-electron chi connectivity index (χ4n) is 4.40. The van der Waals surface area contributed by atoms with E-state index in [2.05, 4.69) is 48.8 Å². The maximum Gasteiger partial charge on any atom is 0.159 e. The number of Topliss-reactive ketones (excluding diaryl/α,β-unsaturated/α-hetero) is 1. The first-order chi connectivity index (χ1) is 13.9. The van der Waals surface area contributed by atoms with Gasteiger partial charge in [-0.3, -0.25) is 14.6 Å². The van der Waals surface area contributed by atoms with Crippen LogP contribution >= 0.6 is 0 Å². The molecule has 0 aromatic heterocycles. The van der Waals surface area contributed by atoms with E-state index in [9.17, 15) is 9.90 Å². The van der Waals surface area contributed by atoms with Crippen molar-refractivity contribution in [1.29, 1.82) is 0 Å². The lowest BCUT2D eigenvalue weighted by Crippen LogP contribution is -2.57. The summed E-state index contributed by atoms with van der Waals surface area (Å²) in [6.45, 7) is 11.1. The van der Waals surface area contributed by atoms with Crippen LogP contribution in [0.25, 0.3) is 0 Å². The van der Waals surface area contributed by atoms with Crippen molar-refractivity contribution in [2.24, 2.45) is 0 Å². The molecule has 3 atom stereocenters. The third kappa shape index (κ3) is 4.95. The summed E-state index contributed by atoms with van der Waals surface area (Å²) in [4.78, 5) is 16.7. The van der Waals surface area contributed by atoms with Gasteiger partial charge in [0, 0.05) is 37.3 Å². The number of piperazine rings is 1. The van der Waals surface area contributed by atoms with Gasteiger partial charge >= 0.3 is 0 Å². The Bertz CT molecular complexity index is 847. The molecule has 0 spiro atoms. The smallest absolute Gasteiger partial charge is 0.159 e. The maximum absolute atomic E-state index is 11.7. The molecule has 2 aromatic rings. The van der Waals surface area contributed by atoms with Gasteiger partial charge in [0.2, 0.25) is 0 Å². The van der Waals surface area contributed by atoms with Gasteiger partial charge in [0.25, 0.3) is 0 Å². The van der Waals surface area contributed by atoms with E-state index in [0.717, 1.165) is 36.3 Å². The summed E-state index contributed by atoms with van der Waals surface area (Å²) in [6, 6.07) is 16.3. The number of phenols is 1. The average Bonchev–Trinajstić information content (AvgIpc) is 2.68. The van der Waals surface area contributed by atoms with E-state index in [1.165, 1.54) is 0 Å². The molecular weight excluding hydrogens is 360 g/mol. The summed E-state index contributed by atoms with van der Waals surface area (Å²) < 4.78 is 0. The Morgan fingerprint density at radius 2 is 1.76 bits per heavy atom. The lowest BCUT2D eigenvalue weighted by atomic mass is 9.93. The van der Waals surface area contributed by atoms with Crippen molar-refractivity contribution in [2.45, 2.75) is 45.8 Å². The summed E-state index contributed by atoms with van der Waals surface area (Å²) in [5.41, 5.74) is 2.94. The minimum Gasteiger partial charge on any atom is -0.508 e. The largest absolute Gasteiger partial charge is 0.508 e. The van der Waals surface area contributed by atoms with Crippen LogP contribution in [-0.2, 0) is 0 Å². The topological polar surface area (TPSA) is 43.8 Å². The number of nitrogens with zero attached hydrogens (tertiary/aromatic N) is 2. The van der Waals surface area contributed by atoms with Crippen LogP contribution in [0, 0.1) is 0 Å². The molecule has 1 fully saturated rings. The highest BCUT2D eigenvalue weighted by molar-refractivity contribution is 5.94. The molecule has 1 unspecified atom stereocenters. The van der Waals surface area contributed by atoms with Crippen molar-refractivity contribution in [3.05, 3.63) is 77.4 Å². The molecule has 0 amide bonds. The minimum absolute atomic E-state index is 0.0388. The molecule has 0 aliphatic carbocycles. The molecule has 3 rings (SSSR count). The predicted molar refractivity (Wildman–Crippen MR) is 118 cm³/mol. The number of hydrogen-bond acceptors (Lipinski definition) is 4. The van der Waals surface area contributed by atoms with E-state index in [1.807, 2.05) is 36.4 Å². The molecule has 29 heavy (non-hydrogen) atoms. The molecular formula is C25H32N2O2. The zero-order valence-electron chi connectivity index (χ0n) is 17.9. The van der Waals surface area contributed by atoms with Crippen molar-refractivity contribution in [3.63, 3.8) is 0 Å². The molecule has 1 saturated heterocycles. The quantitative estimate of drug-likeness (QED) is 0.574. The standard InChI is InChI=1S/C25H32N2O2/c1-5-6-14-27-18(2)16-26(17-19(27)3)25(23-8-7-9-24(29)15-23)22-12-10-21(11-13-22)20(4)28/h5-13,15,18-19,25,29H,14,16-17H2,1-4H3/b6-5-/t18-,19+,25?. The minimum atomic E-state index is 0.0388. The lowest BCUT2D eigenvalue weighted by molar-refractivity contribution is 0.0322. The molecule has 1 aliphatic rings. The Hall–Kier alpha value is -2.43. The molecule has 2 aromatic carbocycles. The highest BCUT2D eigenvalue weighted by atomic mass is 16.3. The van der Waals surface area contributed by atoms with Gasteiger partial charge in [-0.15, -0.1) is 0 Å². The van der Waals surface area contributed by atoms with Crippen molar-refractivity contribution < 1.29 is 9.90 Å². The third-order valence-corrected chi connectivity index (χ3v) is 5.87. The Morgan fingerprint density at radius 3 is 2.31 bits per heavy atom. The van der Waals surface area contributed by atoms with Crippen molar-refractivity contribution in [2.75, 3.05) is 19.6 Å². The number of benzene rings is 2. The molecule has 154 valence electrons. The van der Waals surface area contributed by atoms with Crippen molar-refractivity contribution in [3.8, 4) is 5.75 Å². The van der Waals surface area contributed by atoms with Crippen LogP contribution in [0.2, 0.25) is 0 Å². The van der Waals surface area contributed by atoms with E-state index in [1.54, 1.807) is 13.0 Å².